The van der Waals surface area contributed by atoms with Crippen LogP contribution >= 0.6 is 27.3 Å². The number of aliphatic hydroxyl groups excluding tert-OH is 1. The highest BCUT2D eigenvalue weighted by molar-refractivity contribution is 9.10. The van der Waals surface area contributed by atoms with Crippen molar-refractivity contribution in [3.05, 3.63) is 20.8 Å². The number of aliphatic hydroxyl groups is 1. The zero-order valence-corrected chi connectivity index (χ0v) is 10.5. The summed E-state index contributed by atoms with van der Waals surface area (Å²) in [5, 5.41) is 13.0. The number of hydrogen-bond acceptors (Lipinski definition) is 3. The molecule has 0 saturated heterocycles. The van der Waals surface area contributed by atoms with E-state index in [1.54, 1.807) is 0 Å². The standard InChI is InChI=1S/C9H12BrF2NOS/c1-6(8-7(10)2-3-15-8)13-4-9(11,12)5-14/h2-3,6,13-14H,4-5H2,1H3. The average molecular weight is 300 g/mol. The van der Waals surface area contributed by atoms with E-state index in [9.17, 15) is 8.78 Å². The van der Waals surface area contributed by atoms with Gasteiger partial charge in [-0.3, -0.25) is 0 Å². The van der Waals surface area contributed by atoms with Gasteiger partial charge in [-0.2, -0.15) is 0 Å². The Morgan fingerprint density at radius 1 is 1.67 bits per heavy atom. The number of halogens is 3. The van der Waals surface area contributed by atoms with Gasteiger partial charge in [-0.15, -0.1) is 11.3 Å². The molecule has 0 amide bonds. The lowest BCUT2D eigenvalue weighted by molar-refractivity contribution is -0.0490. The number of nitrogens with one attached hydrogen (secondary N) is 1. The van der Waals surface area contributed by atoms with Gasteiger partial charge in [0.1, 0.15) is 6.61 Å². The second kappa shape index (κ2) is 5.34. The van der Waals surface area contributed by atoms with Gasteiger partial charge in [-0.05, 0) is 34.3 Å². The van der Waals surface area contributed by atoms with Crippen LogP contribution in [0.3, 0.4) is 0 Å². The van der Waals surface area contributed by atoms with Crippen molar-refractivity contribution in [3.8, 4) is 0 Å². The van der Waals surface area contributed by atoms with Gasteiger partial charge in [0, 0.05) is 15.4 Å². The highest BCUT2D eigenvalue weighted by Crippen LogP contribution is 2.29. The van der Waals surface area contributed by atoms with Crippen LogP contribution in [0.4, 0.5) is 8.78 Å². The molecule has 1 atom stereocenters. The van der Waals surface area contributed by atoms with Gasteiger partial charge in [0.25, 0.3) is 5.92 Å². The Balaban J connectivity index is 2.50. The molecule has 0 aliphatic heterocycles. The van der Waals surface area contributed by atoms with E-state index in [2.05, 4.69) is 21.2 Å². The largest absolute Gasteiger partial charge is 0.390 e. The van der Waals surface area contributed by atoms with Crippen molar-refractivity contribution in [2.45, 2.75) is 18.9 Å². The molecule has 6 heteroatoms. The summed E-state index contributed by atoms with van der Waals surface area (Å²) < 4.78 is 26.4. The van der Waals surface area contributed by atoms with E-state index in [1.807, 2.05) is 18.4 Å². The first-order valence-electron chi connectivity index (χ1n) is 4.41. The molecule has 0 fully saturated rings. The van der Waals surface area contributed by atoms with E-state index in [0.717, 1.165) is 9.35 Å². The van der Waals surface area contributed by atoms with Crippen LogP contribution in [0.15, 0.2) is 15.9 Å². The quantitative estimate of drug-likeness (QED) is 0.876. The van der Waals surface area contributed by atoms with Crippen molar-refractivity contribution < 1.29 is 13.9 Å². The molecule has 1 unspecified atom stereocenters. The molecule has 86 valence electrons. The average Bonchev–Trinajstić information content (AvgIpc) is 2.61. The lowest BCUT2D eigenvalue weighted by Gasteiger charge is -2.18. The molecule has 1 heterocycles. The summed E-state index contributed by atoms with van der Waals surface area (Å²) in [6.07, 6.45) is 0. The van der Waals surface area contributed by atoms with Crippen LogP contribution in [0.2, 0.25) is 0 Å². The van der Waals surface area contributed by atoms with Crippen molar-refractivity contribution in [2.24, 2.45) is 0 Å². The Morgan fingerprint density at radius 2 is 2.33 bits per heavy atom. The van der Waals surface area contributed by atoms with Gasteiger partial charge in [0.05, 0.1) is 6.54 Å². The second-order valence-corrected chi connectivity index (χ2v) is 5.05. The van der Waals surface area contributed by atoms with Crippen LogP contribution in [-0.2, 0) is 0 Å². The van der Waals surface area contributed by atoms with E-state index in [4.69, 9.17) is 5.11 Å². The molecule has 0 aromatic carbocycles. The third kappa shape index (κ3) is 3.79. The third-order valence-corrected chi connectivity index (χ3v) is 3.99. The minimum absolute atomic E-state index is 0.156. The van der Waals surface area contributed by atoms with E-state index < -0.39 is 19.1 Å². The first-order chi connectivity index (χ1) is 6.96. The summed E-state index contributed by atoms with van der Waals surface area (Å²) in [7, 11) is 0. The molecule has 1 aromatic rings. The highest BCUT2D eigenvalue weighted by Gasteiger charge is 2.28. The van der Waals surface area contributed by atoms with Gasteiger partial charge in [0.15, 0.2) is 0 Å². The Kier molecular flexibility index (Phi) is 4.64. The molecule has 2 N–H and O–H groups in total. The maximum absolute atomic E-state index is 12.7. The van der Waals surface area contributed by atoms with Crippen molar-refractivity contribution in [1.29, 1.82) is 0 Å². The minimum Gasteiger partial charge on any atom is -0.390 e. The van der Waals surface area contributed by atoms with Crippen molar-refractivity contribution >= 4 is 27.3 Å². The van der Waals surface area contributed by atoms with Crippen LogP contribution < -0.4 is 5.32 Å². The lowest BCUT2D eigenvalue weighted by Crippen LogP contribution is -2.36. The normalized spacial score (nSPS) is 14.2. The van der Waals surface area contributed by atoms with E-state index in [-0.39, 0.29) is 6.04 Å². The van der Waals surface area contributed by atoms with Gasteiger partial charge in [-0.25, -0.2) is 8.78 Å². The zero-order chi connectivity index (χ0) is 11.5. The number of alkyl halides is 2. The summed E-state index contributed by atoms with van der Waals surface area (Å²) in [6.45, 7) is 0.164. The molecule has 0 bridgehead atoms. The van der Waals surface area contributed by atoms with Crippen LogP contribution in [0.1, 0.15) is 17.8 Å². The predicted octanol–water partition coefficient (Wildman–Crippen LogP) is 2.79. The number of hydrogen-bond donors (Lipinski definition) is 2. The molecule has 15 heavy (non-hydrogen) atoms. The molecular weight excluding hydrogens is 288 g/mol. The van der Waals surface area contributed by atoms with Gasteiger partial charge >= 0.3 is 0 Å². The van der Waals surface area contributed by atoms with Gasteiger partial charge < -0.3 is 10.4 Å². The predicted molar refractivity (Wildman–Crippen MR) is 60.5 cm³/mol. The summed E-state index contributed by atoms with van der Waals surface area (Å²) in [6, 6.07) is 1.72. The first-order valence-corrected chi connectivity index (χ1v) is 6.08. The second-order valence-electron chi connectivity index (χ2n) is 3.25. The van der Waals surface area contributed by atoms with Crippen LogP contribution in [-0.4, -0.2) is 24.2 Å². The fourth-order valence-corrected chi connectivity index (χ4v) is 2.82. The van der Waals surface area contributed by atoms with Gasteiger partial charge in [-0.1, -0.05) is 0 Å². The van der Waals surface area contributed by atoms with Gasteiger partial charge in [0.2, 0.25) is 0 Å². The van der Waals surface area contributed by atoms with Crippen molar-refractivity contribution in [1.82, 2.24) is 5.32 Å². The molecule has 1 aromatic heterocycles. The third-order valence-electron chi connectivity index (χ3n) is 1.94. The Labute approximate surface area is 99.4 Å². The van der Waals surface area contributed by atoms with Crippen LogP contribution in [0, 0.1) is 0 Å². The topological polar surface area (TPSA) is 32.3 Å². The van der Waals surface area contributed by atoms with Crippen molar-refractivity contribution in [2.75, 3.05) is 13.2 Å². The maximum atomic E-state index is 12.7. The van der Waals surface area contributed by atoms with E-state index in [1.165, 1.54) is 11.3 Å². The molecular formula is C9H12BrF2NOS. The SMILES string of the molecule is CC(NCC(F)(F)CO)c1sccc1Br. The van der Waals surface area contributed by atoms with Crippen LogP contribution in [0.25, 0.3) is 0 Å². The van der Waals surface area contributed by atoms with Crippen LogP contribution in [0.5, 0.6) is 0 Å². The fraction of sp³-hybridized carbons (Fsp3) is 0.556. The zero-order valence-electron chi connectivity index (χ0n) is 8.14. The molecule has 0 radical (unpaired) electrons. The Bertz CT molecular complexity index is 319. The smallest absolute Gasteiger partial charge is 0.282 e. The fourth-order valence-electron chi connectivity index (χ4n) is 1.07. The van der Waals surface area contributed by atoms with E-state index in [0.29, 0.717) is 0 Å². The summed E-state index contributed by atoms with van der Waals surface area (Å²) in [5.74, 6) is -3.06. The summed E-state index contributed by atoms with van der Waals surface area (Å²) in [5.41, 5.74) is 0. The summed E-state index contributed by atoms with van der Waals surface area (Å²) in [4.78, 5) is 0.976. The monoisotopic (exact) mass is 299 g/mol. The van der Waals surface area contributed by atoms with E-state index >= 15 is 0 Å². The molecule has 1 rings (SSSR count). The molecule has 0 aliphatic carbocycles. The minimum atomic E-state index is -3.06. The molecule has 0 aliphatic rings. The first kappa shape index (κ1) is 13.0. The lowest BCUT2D eigenvalue weighted by atomic mass is 10.2. The summed E-state index contributed by atoms with van der Waals surface area (Å²) >= 11 is 4.84. The Morgan fingerprint density at radius 3 is 2.80 bits per heavy atom. The molecule has 2 nitrogen and oxygen atoms in total. The van der Waals surface area contributed by atoms with Crippen molar-refractivity contribution in [3.63, 3.8) is 0 Å². The number of thiophene rings is 1. The Hall–Kier alpha value is -0.0400. The maximum Gasteiger partial charge on any atom is 0.282 e. The molecule has 0 spiro atoms. The highest BCUT2D eigenvalue weighted by atomic mass is 79.9. The molecule has 0 saturated carbocycles. The number of rotatable bonds is 5.